The van der Waals surface area contributed by atoms with Gasteiger partial charge in [0.05, 0.1) is 10.7 Å². The first-order chi connectivity index (χ1) is 9.32. The van der Waals surface area contributed by atoms with Crippen molar-refractivity contribution in [1.82, 2.24) is 0 Å². The highest BCUT2D eigenvalue weighted by Gasteiger charge is 2.43. The molecule has 0 fully saturated rings. The molecule has 1 aliphatic rings. The molecule has 0 bridgehead atoms. The second kappa shape index (κ2) is 5.20. The van der Waals surface area contributed by atoms with Crippen molar-refractivity contribution in [2.24, 2.45) is 4.99 Å². The number of hydrogen-bond donors (Lipinski definition) is 1. The van der Waals surface area contributed by atoms with Crippen LogP contribution in [0.5, 0.6) is 11.5 Å². The average molecular weight is 301 g/mol. The molecule has 0 spiro atoms. The van der Waals surface area contributed by atoms with Gasteiger partial charge >= 0.3 is 6.29 Å². The van der Waals surface area contributed by atoms with Crippen LogP contribution in [-0.4, -0.2) is 18.2 Å². The molecule has 1 aromatic rings. The topological polar surface area (TPSA) is 54.7 Å². The third-order valence-electron chi connectivity index (χ3n) is 2.44. The maximum Gasteiger partial charge on any atom is 0.586 e. The van der Waals surface area contributed by atoms with Crippen molar-refractivity contribution in [2.75, 3.05) is 0 Å². The molecule has 0 radical (unpaired) electrons. The summed E-state index contributed by atoms with van der Waals surface area (Å²) < 4.78 is 34.6. The molecule has 0 amide bonds. The maximum absolute atomic E-state index is 13.0. The van der Waals surface area contributed by atoms with Crippen LogP contribution in [0.2, 0.25) is 5.02 Å². The molecule has 1 heterocycles. The van der Waals surface area contributed by atoms with Crippen molar-refractivity contribution in [3.63, 3.8) is 0 Å². The normalized spacial score (nSPS) is 16.8. The van der Waals surface area contributed by atoms with Crippen LogP contribution in [0.25, 0.3) is 5.70 Å². The van der Waals surface area contributed by atoms with E-state index in [0.717, 1.165) is 0 Å². The molecule has 0 saturated heterocycles. The molecule has 0 unspecified atom stereocenters. The molecule has 0 aliphatic carbocycles. The zero-order chi connectivity index (χ0) is 14.9. The second-order valence-electron chi connectivity index (χ2n) is 4.06. The van der Waals surface area contributed by atoms with Crippen molar-refractivity contribution >= 4 is 29.2 Å². The number of hydrogen-bond acceptors (Lipinski definition) is 4. The first-order valence-electron chi connectivity index (χ1n) is 5.67. The zero-order valence-electron chi connectivity index (χ0n) is 10.7. The van der Waals surface area contributed by atoms with Crippen LogP contribution < -0.4 is 9.47 Å². The number of benzene rings is 1. The van der Waals surface area contributed by atoms with Gasteiger partial charge in [0.25, 0.3) is 0 Å². The van der Waals surface area contributed by atoms with Gasteiger partial charge in [-0.15, -0.1) is 8.78 Å². The molecule has 106 valence electrons. The average Bonchev–Trinajstić information content (AvgIpc) is 2.62. The molecule has 7 heteroatoms. The first kappa shape index (κ1) is 14.5. The Balaban J connectivity index is 2.42. The molecule has 0 atom stereocenters. The standard InChI is InChI=1S/C13H11ClF2N2O2/c1-3-10(18-6-7(2)17)8-4-11-12(5-9(8)14)20-13(15,16)19-11/h3-6,17H,1-2H3. The fraction of sp³-hybridized carbons (Fsp3) is 0.231. The van der Waals surface area contributed by atoms with E-state index in [1.165, 1.54) is 18.3 Å². The number of nitrogens with one attached hydrogen (secondary N) is 1. The van der Waals surface area contributed by atoms with Crippen molar-refractivity contribution in [2.45, 2.75) is 20.1 Å². The van der Waals surface area contributed by atoms with Crippen molar-refractivity contribution in [1.29, 1.82) is 5.41 Å². The monoisotopic (exact) mass is 300 g/mol. The van der Waals surface area contributed by atoms with Gasteiger partial charge in [-0.05, 0) is 19.9 Å². The number of allylic oxidation sites excluding steroid dienone is 1. The second-order valence-corrected chi connectivity index (χ2v) is 4.47. The Morgan fingerprint density at radius 2 is 1.95 bits per heavy atom. The SMILES string of the molecule is CC=C(N=CC(C)=N)c1cc2c(cc1Cl)OC(F)(F)O2. The third kappa shape index (κ3) is 2.96. The Morgan fingerprint density at radius 3 is 2.50 bits per heavy atom. The van der Waals surface area contributed by atoms with Crippen LogP contribution >= 0.6 is 11.6 Å². The Labute approximate surface area is 119 Å². The fourth-order valence-corrected chi connectivity index (χ4v) is 1.88. The largest absolute Gasteiger partial charge is 0.586 e. The highest BCUT2D eigenvalue weighted by molar-refractivity contribution is 6.33. The molecule has 2 rings (SSSR count). The van der Waals surface area contributed by atoms with Crippen molar-refractivity contribution in [3.8, 4) is 11.5 Å². The number of rotatable bonds is 3. The minimum absolute atomic E-state index is 0.101. The lowest BCUT2D eigenvalue weighted by Crippen LogP contribution is -2.25. The number of fused-ring (bicyclic) bond motifs is 1. The van der Waals surface area contributed by atoms with E-state index < -0.39 is 6.29 Å². The van der Waals surface area contributed by atoms with Gasteiger partial charge in [-0.1, -0.05) is 17.7 Å². The van der Waals surface area contributed by atoms with E-state index in [0.29, 0.717) is 11.3 Å². The summed E-state index contributed by atoms with van der Waals surface area (Å²) in [5, 5.41) is 7.51. The van der Waals surface area contributed by atoms with E-state index in [1.54, 1.807) is 19.9 Å². The van der Waals surface area contributed by atoms with Gasteiger partial charge in [-0.25, -0.2) is 0 Å². The predicted octanol–water partition coefficient (Wildman–Crippen LogP) is 4.13. The van der Waals surface area contributed by atoms with Gasteiger partial charge in [-0.3, -0.25) is 4.99 Å². The summed E-state index contributed by atoms with van der Waals surface area (Å²) in [6.45, 7) is 3.29. The summed E-state index contributed by atoms with van der Waals surface area (Å²) in [5.74, 6) is -0.220. The van der Waals surface area contributed by atoms with Crippen molar-refractivity contribution < 1.29 is 18.3 Å². The zero-order valence-corrected chi connectivity index (χ0v) is 11.5. The quantitative estimate of drug-likeness (QED) is 0.853. The summed E-state index contributed by atoms with van der Waals surface area (Å²) in [6.07, 6.45) is -0.693. The first-order valence-corrected chi connectivity index (χ1v) is 6.05. The van der Waals surface area contributed by atoms with E-state index in [9.17, 15) is 8.78 Å². The predicted molar refractivity (Wildman–Crippen MR) is 73.2 cm³/mol. The van der Waals surface area contributed by atoms with Crippen LogP contribution in [0.4, 0.5) is 8.78 Å². The van der Waals surface area contributed by atoms with Gasteiger partial charge in [0.15, 0.2) is 11.5 Å². The van der Waals surface area contributed by atoms with E-state index >= 15 is 0 Å². The van der Waals surface area contributed by atoms with Gasteiger partial charge < -0.3 is 14.9 Å². The lowest BCUT2D eigenvalue weighted by molar-refractivity contribution is -0.286. The Kier molecular flexibility index (Phi) is 3.76. The summed E-state index contributed by atoms with van der Waals surface area (Å²) >= 11 is 6.04. The lowest BCUT2D eigenvalue weighted by atomic mass is 10.1. The van der Waals surface area contributed by atoms with Gasteiger partial charge in [-0.2, -0.15) is 0 Å². The number of nitrogens with zero attached hydrogens (tertiary/aromatic N) is 1. The van der Waals surface area contributed by atoms with Crippen LogP contribution in [0.1, 0.15) is 19.4 Å². The number of alkyl halides is 2. The van der Waals surface area contributed by atoms with E-state index in [1.807, 2.05) is 0 Å². The van der Waals surface area contributed by atoms with Gasteiger partial charge in [0.2, 0.25) is 0 Å². The minimum atomic E-state index is -3.69. The molecule has 1 N–H and O–H groups in total. The summed E-state index contributed by atoms with van der Waals surface area (Å²) in [7, 11) is 0. The molecular formula is C13H11ClF2N2O2. The highest BCUT2D eigenvalue weighted by Crippen LogP contribution is 2.45. The Hall–Kier alpha value is -1.95. The van der Waals surface area contributed by atoms with Crippen LogP contribution in [0.15, 0.2) is 23.2 Å². The van der Waals surface area contributed by atoms with Crippen LogP contribution in [-0.2, 0) is 0 Å². The van der Waals surface area contributed by atoms with Crippen molar-refractivity contribution in [3.05, 3.63) is 28.8 Å². The molecule has 0 saturated carbocycles. The Morgan fingerprint density at radius 1 is 1.35 bits per heavy atom. The number of aliphatic imine (C=N–C) groups is 1. The molecule has 20 heavy (non-hydrogen) atoms. The smallest absolute Gasteiger partial charge is 0.395 e. The van der Waals surface area contributed by atoms with E-state index in [-0.39, 0.29) is 22.2 Å². The molecule has 0 aromatic heterocycles. The highest BCUT2D eigenvalue weighted by atomic mass is 35.5. The summed E-state index contributed by atoms with van der Waals surface area (Å²) in [4.78, 5) is 4.08. The number of halogens is 3. The fourth-order valence-electron chi connectivity index (χ4n) is 1.63. The van der Waals surface area contributed by atoms with Crippen LogP contribution in [0.3, 0.4) is 0 Å². The van der Waals surface area contributed by atoms with Gasteiger partial charge in [0.1, 0.15) is 0 Å². The number of ether oxygens (including phenoxy) is 2. The lowest BCUT2D eigenvalue weighted by Gasteiger charge is -2.06. The third-order valence-corrected chi connectivity index (χ3v) is 2.75. The van der Waals surface area contributed by atoms with Crippen LogP contribution in [0, 0.1) is 5.41 Å². The van der Waals surface area contributed by atoms with E-state index in [2.05, 4.69) is 14.5 Å². The van der Waals surface area contributed by atoms with E-state index in [4.69, 9.17) is 17.0 Å². The molecule has 1 aromatic carbocycles. The molecule has 1 aliphatic heterocycles. The van der Waals surface area contributed by atoms with Gasteiger partial charge in [0, 0.05) is 23.6 Å². The Bertz CT molecular complexity index is 627. The molecule has 4 nitrogen and oxygen atoms in total. The molecular weight excluding hydrogens is 290 g/mol. The summed E-state index contributed by atoms with van der Waals surface area (Å²) in [6, 6.07) is 2.59. The maximum atomic E-state index is 13.0. The minimum Gasteiger partial charge on any atom is -0.395 e. The summed E-state index contributed by atoms with van der Waals surface area (Å²) in [5.41, 5.74) is 1.13.